The van der Waals surface area contributed by atoms with Crippen molar-refractivity contribution in [2.45, 2.75) is 0 Å². The van der Waals surface area contributed by atoms with Crippen LogP contribution in [0, 0.1) is 0 Å². The lowest BCUT2D eigenvalue weighted by Crippen LogP contribution is -2.04. The zero-order valence-corrected chi connectivity index (χ0v) is 14.0. The average Bonchev–Trinajstić information content (AvgIpc) is 2.63. The van der Waals surface area contributed by atoms with Crippen molar-refractivity contribution in [3.8, 4) is 0 Å². The summed E-state index contributed by atoms with van der Waals surface area (Å²) < 4.78 is 4.71. The Morgan fingerprint density at radius 2 is 1.96 bits per heavy atom. The maximum atomic E-state index is 11.6. The average molecular weight is 356 g/mol. The standard InChI is InChI=1S/C17H14ClN5O2/c1-25-16(24)11-5-4-6-12(9-11)20-15-10-19-23-17(22-15)21-14-8-3-2-7-13(14)18/h2-10H,1H3,(H2,20,21,22,23). The maximum absolute atomic E-state index is 11.6. The number of carbonyl (C=O) groups excluding carboxylic acids is 1. The Hall–Kier alpha value is -3.19. The van der Waals surface area contributed by atoms with Crippen LogP contribution in [-0.2, 0) is 4.74 Å². The highest BCUT2D eigenvalue weighted by atomic mass is 35.5. The first kappa shape index (κ1) is 16.7. The molecule has 0 unspecified atom stereocenters. The molecule has 25 heavy (non-hydrogen) atoms. The van der Waals surface area contributed by atoms with Gasteiger partial charge < -0.3 is 15.4 Å². The second-order valence-electron chi connectivity index (χ2n) is 4.97. The second kappa shape index (κ2) is 7.59. The molecule has 8 heteroatoms. The number of carbonyl (C=O) groups is 1. The molecule has 126 valence electrons. The number of rotatable bonds is 5. The SMILES string of the molecule is COC(=O)c1cccc(Nc2cnnc(Nc3ccccc3Cl)n2)c1. The number of nitrogens with one attached hydrogen (secondary N) is 2. The van der Waals surface area contributed by atoms with Crippen molar-refractivity contribution >= 4 is 40.7 Å². The van der Waals surface area contributed by atoms with E-state index in [2.05, 4.69) is 25.8 Å². The number of methoxy groups -OCH3 is 1. The summed E-state index contributed by atoms with van der Waals surface area (Å²) in [7, 11) is 1.34. The summed E-state index contributed by atoms with van der Waals surface area (Å²) in [5.74, 6) is 0.347. The molecular formula is C17H14ClN5O2. The minimum Gasteiger partial charge on any atom is -0.465 e. The molecule has 3 aromatic rings. The Morgan fingerprint density at radius 1 is 1.12 bits per heavy atom. The number of para-hydroxylation sites is 1. The zero-order valence-electron chi connectivity index (χ0n) is 13.2. The fourth-order valence-corrected chi connectivity index (χ4v) is 2.27. The van der Waals surface area contributed by atoms with E-state index in [4.69, 9.17) is 16.3 Å². The first-order valence-electron chi connectivity index (χ1n) is 7.32. The fraction of sp³-hybridized carbons (Fsp3) is 0.0588. The molecule has 3 rings (SSSR count). The van der Waals surface area contributed by atoms with Crippen LogP contribution in [-0.4, -0.2) is 28.3 Å². The maximum Gasteiger partial charge on any atom is 0.337 e. The van der Waals surface area contributed by atoms with E-state index in [-0.39, 0.29) is 0 Å². The molecule has 0 fully saturated rings. The van der Waals surface area contributed by atoms with Crippen LogP contribution in [0.4, 0.5) is 23.1 Å². The van der Waals surface area contributed by atoms with Gasteiger partial charge in [0.15, 0.2) is 5.82 Å². The summed E-state index contributed by atoms with van der Waals surface area (Å²) in [5, 5.41) is 14.5. The summed E-state index contributed by atoms with van der Waals surface area (Å²) in [6.45, 7) is 0. The first-order valence-corrected chi connectivity index (χ1v) is 7.70. The van der Waals surface area contributed by atoms with Gasteiger partial charge in [-0.15, -0.1) is 5.10 Å². The van der Waals surface area contributed by atoms with Crippen LogP contribution >= 0.6 is 11.6 Å². The van der Waals surface area contributed by atoms with Gasteiger partial charge in [0, 0.05) is 5.69 Å². The van der Waals surface area contributed by atoms with Gasteiger partial charge in [0.1, 0.15) is 0 Å². The number of ether oxygens (including phenoxy) is 1. The van der Waals surface area contributed by atoms with Crippen LogP contribution in [0.2, 0.25) is 5.02 Å². The highest BCUT2D eigenvalue weighted by Crippen LogP contribution is 2.23. The van der Waals surface area contributed by atoms with Crippen molar-refractivity contribution in [1.29, 1.82) is 0 Å². The van der Waals surface area contributed by atoms with Crippen molar-refractivity contribution in [1.82, 2.24) is 15.2 Å². The monoisotopic (exact) mass is 355 g/mol. The van der Waals surface area contributed by atoms with Gasteiger partial charge in [0.05, 0.1) is 29.6 Å². The Balaban J connectivity index is 1.78. The third kappa shape index (κ3) is 4.21. The number of esters is 1. The molecule has 0 saturated carbocycles. The molecule has 0 spiro atoms. The second-order valence-corrected chi connectivity index (χ2v) is 5.37. The van der Waals surface area contributed by atoms with E-state index in [1.165, 1.54) is 13.3 Å². The largest absolute Gasteiger partial charge is 0.465 e. The molecule has 0 saturated heterocycles. The molecule has 0 aliphatic carbocycles. The molecule has 1 heterocycles. The van der Waals surface area contributed by atoms with Crippen molar-refractivity contribution in [2.75, 3.05) is 17.7 Å². The lowest BCUT2D eigenvalue weighted by atomic mass is 10.2. The van der Waals surface area contributed by atoms with Gasteiger partial charge in [-0.3, -0.25) is 0 Å². The molecule has 0 atom stereocenters. The van der Waals surface area contributed by atoms with E-state index in [1.807, 2.05) is 18.2 Å². The Labute approximate surface area is 149 Å². The normalized spacial score (nSPS) is 10.2. The lowest BCUT2D eigenvalue weighted by molar-refractivity contribution is 0.0601. The number of hydrogen-bond acceptors (Lipinski definition) is 7. The van der Waals surface area contributed by atoms with E-state index >= 15 is 0 Å². The molecule has 0 aliphatic rings. The molecule has 0 radical (unpaired) electrons. The third-order valence-electron chi connectivity index (χ3n) is 3.24. The van der Waals surface area contributed by atoms with Crippen LogP contribution < -0.4 is 10.6 Å². The number of halogens is 1. The van der Waals surface area contributed by atoms with Gasteiger partial charge >= 0.3 is 5.97 Å². The van der Waals surface area contributed by atoms with E-state index in [1.54, 1.807) is 30.3 Å². The van der Waals surface area contributed by atoms with Gasteiger partial charge in [-0.25, -0.2) is 4.79 Å². The highest BCUT2D eigenvalue weighted by molar-refractivity contribution is 6.33. The number of hydrogen-bond donors (Lipinski definition) is 2. The minimum absolute atomic E-state index is 0.294. The molecule has 0 amide bonds. The summed E-state index contributed by atoms with van der Waals surface area (Å²) in [6.07, 6.45) is 1.47. The van der Waals surface area contributed by atoms with Crippen LogP contribution in [0.3, 0.4) is 0 Å². The molecule has 7 nitrogen and oxygen atoms in total. The number of aromatic nitrogens is 3. The summed E-state index contributed by atoms with van der Waals surface area (Å²) in [5.41, 5.74) is 1.78. The van der Waals surface area contributed by atoms with Crippen molar-refractivity contribution in [3.63, 3.8) is 0 Å². The fourth-order valence-electron chi connectivity index (χ4n) is 2.09. The minimum atomic E-state index is -0.412. The first-order chi connectivity index (χ1) is 12.2. The zero-order chi connectivity index (χ0) is 17.6. The Kier molecular flexibility index (Phi) is 5.06. The van der Waals surface area contributed by atoms with Gasteiger partial charge in [0.25, 0.3) is 0 Å². The predicted octanol–water partition coefficient (Wildman–Crippen LogP) is 3.80. The topological polar surface area (TPSA) is 89.0 Å². The predicted molar refractivity (Wildman–Crippen MR) is 95.6 cm³/mol. The van der Waals surface area contributed by atoms with Gasteiger partial charge in [-0.1, -0.05) is 29.8 Å². The van der Waals surface area contributed by atoms with E-state index in [0.717, 1.165) is 0 Å². The van der Waals surface area contributed by atoms with Crippen molar-refractivity contribution < 1.29 is 9.53 Å². The quantitative estimate of drug-likeness (QED) is 0.673. The van der Waals surface area contributed by atoms with Gasteiger partial charge in [-0.05, 0) is 30.3 Å². The van der Waals surface area contributed by atoms with E-state index < -0.39 is 5.97 Å². The number of anilines is 4. The Bertz CT molecular complexity index is 903. The number of nitrogens with zero attached hydrogens (tertiary/aromatic N) is 3. The molecule has 2 aromatic carbocycles. The van der Waals surface area contributed by atoms with Gasteiger partial charge in [-0.2, -0.15) is 10.1 Å². The third-order valence-corrected chi connectivity index (χ3v) is 3.56. The summed E-state index contributed by atoms with van der Waals surface area (Å²) in [4.78, 5) is 15.9. The summed E-state index contributed by atoms with van der Waals surface area (Å²) >= 11 is 6.11. The van der Waals surface area contributed by atoms with Crippen molar-refractivity contribution in [3.05, 3.63) is 65.3 Å². The van der Waals surface area contributed by atoms with E-state index in [0.29, 0.717) is 33.7 Å². The van der Waals surface area contributed by atoms with E-state index in [9.17, 15) is 4.79 Å². The van der Waals surface area contributed by atoms with Crippen molar-refractivity contribution in [2.24, 2.45) is 0 Å². The highest BCUT2D eigenvalue weighted by Gasteiger charge is 2.07. The number of benzene rings is 2. The van der Waals surface area contributed by atoms with Crippen LogP contribution in [0.25, 0.3) is 0 Å². The molecule has 1 aromatic heterocycles. The van der Waals surface area contributed by atoms with Gasteiger partial charge in [0.2, 0.25) is 5.95 Å². The molecular weight excluding hydrogens is 342 g/mol. The van der Waals surface area contributed by atoms with Crippen LogP contribution in [0.1, 0.15) is 10.4 Å². The van der Waals surface area contributed by atoms with Crippen LogP contribution in [0.15, 0.2) is 54.7 Å². The molecule has 2 N–H and O–H groups in total. The summed E-state index contributed by atoms with van der Waals surface area (Å²) in [6, 6.07) is 14.1. The smallest absolute Gasteiger partial charge is 0.337 e. The molecule has 0 aliphatic heterocycles. The Morgan fingerprint density at radius 3 is 2.76 bits per heavy atom. The lowest BCUT2D eigenvalue weighted by Gasteiger charge is -2.09. The molecule has 0 bridgehead atoms. The van der Waals surface area contributed by atoms with Crippen LogP contribution in [0.5, 0.6) is 0 Å².